The van der Waals surface area contributed by atoms with Gasteiger partial charge < -0.3 is 4.57 Å². The van der Waals surface area contributed by atoms with E-state index < -0.39 is 0 Å². The van der Waals surface area contributed by atoms with Gasteiger partial charge in [0.25, 0.3) is 0 Å². The summed E-state index contributed by atoms with van der Waals surface area (Å²) in [5.74, 6) is 0. The van der Waals surface area contributed by atoms with Gasteiger partial charge in [-0.25, -0.2) is 4.98 Å². The molecule has 48 valence electrons. The molecule has 1 heterocycles. The van der Waals surface area contributed by atoms with Crippen LogP contribution in [0, 0.1) is 0 Å². The van der Waals surface area contributed by atoms with E-state index in [1.165, 1.54) is 5.69 Å². The van der Waals surface area contributed by atoms with Crippen molar-refractivity contribution < 1.29 is 0 Å². The second-order valence-electron chi connectivity index (χ2n) is 1.99. The summed E-state index contributed by atoms with van der Waals surface area (Å²) in [5.41, 5.74) is 1.20. The first kappa shape index (κ1) is 6.08. The molecule has 0 aliphatic rings. The number of allylic oxidation sites excluding steroid dienone is 1. The third kappa shape index (κ3) is 1.19. The highest BCUT2D eigenvalue weighted by Crippen LogP contribution is 1.96. The molecule has 0 aliphatic carbocycles. The number of aromatic nitrogens is 2. The molecule has 1 aromatic heterocycles. The highest BCUT2D eigenvalue weighted by Gasteiger charge is 1.91. The Morgan fingerprint density at radius 1 is 1.89 bits per heavy atom. The highest BCUT2D eigenvalue weighted by molar-refractivity contribution is 5.01. The monoisotopic (exact) mass is 122 g/mol. The molecule has 2 nitrogen and oxygen atoms in total. The van der Waals surface area contributed by atoms with Crippen molar-refractivity contribution in [2.24, 2.45) is 7.05 Å². The van der Waals surface area contributed by atoms with Gasteiger partial charge in [0.15, 0.2) is 0 Å². The first-order valence-corrected chi connectivity index (χ1v) is 2.90. The standard InChI is InChI=1S/C7H10N2/c1-3-4-7-5-8-6-9(7)2/h3,5-6H,1,4H2,2H3. The lowest BCUT2D eigenvalue weighted by Crippen LogP contribution is -1.91. The van der Waals surface area contributed by atoms with E-state index in [-0.39, 0.29) is 0 Å². The molecule has 0 saturated carbocycles. The minimum atomic E-state index is 0.899. The molecule has 0 spiro atoms. The van der Waals surface area contributed by atoms with Crippen LogP contribution in [0.1, 0.15) is 5.69 Å². The summed E-state index contributed by atoms with van der Waals surface area (Å²) in [6.45, 7) is 3.64. The predicted octanol–water partition coefficient (Wildman–Crippen LogP) is 1.15. The molecule has 1 aromatic rings. The van der Waals surface area contributed by atoms with Crippen LogP contribution in [-0.2, 0) is 13.5 Å². The van der Waals surface area contributed by atoms with Crippen molar-refractivity contribution in [2.45, 2.75) is 6.42 Å². The molecule has 0 fully saturated rings. The minimum absolute atomic E-state index is 0.899. The van der Waals surface area contributed by atoms with Crippen molar-refractivity contribution in [1.29, 1.82) is 0 Å². The van der Waals surface area contributed by atoms with Gasteiger partial charge >= 0.3 is 0 Å². The third-order valence-corrected chi connectivity index (χ3v) is 1.27. The molecule has 0 saturated heterocycles. The molecule has 0 bridgehead atoms. The van der Waals surface area contributed by atoms with Crippen molar-refractivity contribution in [3.05, 3.63) is 30.9 Å². The van der Waals surface area contributed by atoms with Crippen LogP contribution in [0.3, 0.4) is 0 Å². The van der Waals surface area contributed by atoms with Gasteiger partial charge in [-0.3, -0.25) is 0 Å². The van der Waals surface area contributed by atoms with Gasteiger partial charge in [0.2, 0.25) is 0 Å². The smallest absolute Gasteiger partial charge is 0.0945 e. The number of hydrogen-bond acceptors (Lipinski definition) is 1. The lowest BCUT2D eigenvalue weighted by molar-refractivity contribution is 0.852. The zero-order valence-corrected chi connectivity index (χ0v) is 5.54. The minimum Gasteiger partial charge on any atom is -0.337 e. The zero-order chi connectivity index (χ0) is 6.69. The summed E-state index contributed by atoms with van der Waals surface area (Å²) in [6, 6.07) is 0. The number of rotatable bonds is 2. The highest BCUT2D eigenvalue weighted by atomic mass is 15.0. The molecular weight excluding hydrogens is 112 g/mol. The van der Waals surface area contributed by atoms with Crippen molar-refractivity contribution in [1.82, 2.24) is 9.55 Å². The molecule has 9 heavy (non-hydrogen) atoms. The molecule has 0 N–H and O–H groups in total. The summed E-state index contributed by atoms with van der Waals surface area (Å²) in [5, 5.41) is 0. The van der Waals surface area contributed by atoms with Gasteiger partial charge in [-0.05, 0) is 0 Å². The van der Waals surface area contributed by atoms with Crippen LogP contribution in [0.15, 0.2) is 25.2 Å². The number of imidazole rings is 1. The largest absolute Gasteiger partial charge is 0.337 e. The topological polar surface area (TPSA) is 17.8 Å². The first-order valence-electron chi connectivity index (χ1n) is 2.90. The second kappa shape index (κ2) is 2.49. The van der Waals surface area contributed by atoms with Crippen LogP contribution < -0.4 is 0 Å². The maximum absolute atomic E-state index is 3.96. The van der Waals surface area contributed by atoms with Crippen LogP contribution >= 0.6 is 0 Å². The number of aryl methyl sites for hydroxylation is 1. The van der Waals surface area contributed by atoms with Gasteiger partial charge in [-0.2, -0.15) is 0 Å². The summed E-state index contributed by atoms with van der Waals surface area (Å²) in [4.78, 5) is 3.96. The normalized spacial score (nSPS) is 9.44. The van der Waals surface area contributed by atoms with Gasteiger partial charge in [0, 0.05) is 25.4 Å². The lowest BCUT2D eigenvalue weighted by atomic mass is 10.3. The Morgan fingerprint density at radius 2 is 2.67 bits per heavy atom. The Labute approximate surface area is 54.8 Å². The van der Waals surface area contributed by atoms with Crippen LogP contribution in [-0.4, -0.2) is 9.55 Å². The molecular formula is C7H10N2. The van der Waals surface area contributed by atoms with Gasteiger partial charge in [-0.1, -0.05) is 6.08 Å². The first-order chi connectivity index (χ1) is 4.34. The Hall–Kier alpha value is -1.05. The molecule has 0 unspecified atom stereocenters. The predicted molar refractivity (Wildman–Crippen MR) is 37.1 cm³/mol. The Kier molecular flexibility index (Phi) is 1.68. The molecule has 0 atom stereocenters. The summed E-state index contributed by atoms with van der Waals surface area (Å²) in [7, 11) is 1.98. The summed E-state index contributed by atoms with van der Waals surface area (Å²) < 4.78 is 1.99. The molecule has 0 radical (unpaired) electrons. The molecule has 1 rings (SSSR count). The van der Waals surface area contributed by atoms with Gasteiger partial charge in [0.05, 0.1) is 6.33 Å². The fourth-order valence-electron chi connectivity index (χ4n) is 0.729. The summed E-state index contributed by atoms with van der Waals surface area (Å²) >= 11 is 0. The van der Waals surface area contributed by atoms with E-state index in [2.05, 4.69) is 11.6 Å². The van der Waals surface area contributed by atoms with E-state index in [1.807, 2.05) is 23.9 Å². The number of hydrogen-bond donors (Lipinski definition) is 0. The van der Waals surface area contributed by atoms with E-state index in [1.54, 1.807) is 6.33 Å². The van der Waals surface area contributed by atoms with Crippen LogP contribution in [0.4, 0.5) is 0 Å². The van der Waals surface area contributed by atoms with Crippen molar-refractivity contribution in [3.63, 3.8) is 0 Å². The SMILES string of the molecule is C=CCc1cncn1C. The van der Waals surface area contributed by atoms with Crippen LogP contribution in [0.2, 0.25) is 0 Å². The Balaban J connectivity index is 2.80. The average Bonchev–Trinajstić information content (AvgIpc) is 2.18. The fraction of sp³-hybridized carbons (Fsp3) is 0.286. The molecule has 2 heteroatoms. The molecule has 0 aromatic carbocycles. The van der Waals surface area contributed by atoms with E-state index in [9.17, 15) is 0 Å². The van der Waals surface area contributed by atoms with E-state index in [0.717, 1.165) is 6.42 Å². The number of nitrogens with zero attached hydrogens (tertiary/aromatic N) is 2. The van der Waals surface area contributed by atoms with E-state index in [0.29, 0.717) is 0 Å². The van der Waals surface area contributed by atoms with E-state index in [4.69, 9.17) is 0 Å². The summed E-state index contributed by atoms with van der Waals surface area (Å²) in [6.07, 6.45) is 6.41. The quantitative estimate of drug-likeness (QED) is 0.538. The fourth-order valence-corrected chi connectivity index (χ4v) is 0.729. The van der Waals surface area contributed by atoms with Crippen LogP contribution in [0.5, 0.6) is 0 Å². The Bertz CT molecular complexity index is 200. The maximum atomic E-state index is 3.96. The van der Waals surface area contributed by atoms with Gasteiger partial charge in [-0.15, -0.1) is 6.58 Å². The van der Waals surface area contributed by atoms with Crippen molar-refractivity contribution >= 4 is 0 Å². The second-order valence-corrected chi connectivity index (χ2v) is 1.99. The molecule has 0 amide bonds. The van der Waals surface area contributed by atoms with Crippen molar-refractivity contribution in [2.75, 3.05) is 0 Å². The Morgan fingerprint density at radius 3 is 3.11 bits per heavy atom. The van der Waals surface area contributed by atoms with Crippen LogP contribution in [0.25, 0.3) is 0 Å². The van der Waals surface area contributed by atoms with Crippen molar-refractivity contribution in [3.8, 4) is 0 Å². The third-order valence-electron chi connectivity index (χ3n) is 1.27. The lowest BCUT2D eigenvalue weighted by Gasteiger charge is -1.94. The van der Waals surface area contributed by atoms with Gasteiger partial charge in [0.1, 0.15) is 0 Å². The van der Waals surface area contributed by atoms with E-state index >= 15 is 0 Å². The zero-order valence-electron chi connectivity index (χ0n) is 5.54. The molecule has 0 aliphatic heterocycles. The average molecular weight is 122 g/mol. The maximum Gasteiger partial charge on any atom is 0.0945 e.